The third kappa shape index (κ3) is 3.21. The van der Waals surface area contributed by atoms with Gasteiger partial charge in [0.25, 0.3) is 5.91 Å². The van der Waals surface area contributed by atoms with Crippen molar-refractivity contribution in [3.8, 4) is 0 Å². The second-order valence-electron chi connectivity index (χ2n) is 5.16. The number of carbonyl (C=O) groups excluding carboxylic acids is 1. The Morgan fingerprint density at radius 2 is 2.41 bits per heavy atom. The van der Waals surface area contributed by atoms with Gasteiger partial charge in [0.15, 0.2) is 10.9 Å². The highest BCUT2D eigenvalue weighted by atomic mass is 32.1. The van der Waals surface area contributed by atoms with E-state index in [2.05, 4.69) is 22.1 Å². The molecule has 0 fully saturated rings. The quantitative estimate of drug-likeness (QED) is 0.916. The van der Waals surface area contributed by atoms with Gasteiger partial charge in [0.1, 0.15) is 12.4 Å². The maximum Gasteiger partial charge on any atom is 0.293 e. The topological polar surface area (TPSA) is 67.6 Å². The molecule has 0 radical (unpaired) electrons. The van der Waals surface area contributed by atoms with E-state index in [1.807, 2.05) is 0 Å². The van der Waals surface area contributed by atoms with E-state index in [1.54, 1.807) is 30.6 Å². The Morgan fingerprint density at radius 3 is 3.18 bits per heavy atom. The van der Waals surface area contributed by atoms with Crippen molar-refractivity contribution >= 4 is 22.4 Å². The van der Waals surface area contributed by atoms with E-state index in [-0.39, 0.29) is 11.7 Å². The first-order chi connectivity index (χ1) is 10.7. The van der Waals surface area contributed by atoms with Gasteiger partial charge < -0.3 is 9.15 Å². The Labute approximate surface area is 133 Å². The molecule has 0 unspecified atom stereocenters. The van der Waals surface area contributed by atoms with Crippen molar-refractivity contribution in [2.75, 3.05) is 25.5 Å². The van der Waals surface area contributed by atoms with Gasteiger partial charge in [-0.1, -0.05) is 6.92 Å². The van der Waals surface area contributed by atoms with Crippen LogP contribution in [0.4, 0.5) is 5.13 Å². The third-order valence-corrected chi connectivity index (χ3v) is 4.65. The van der Waals surface area contributed by atoms with E-state index in [0.717, 1.165) is 31.7 Å². The van der Waals surface area contributed by atoms with E-state index in [0.29, 0.717) is 17.5 Å². The van der Waals surface area contributed by atoms with Crippen molar-refractivity contribution in [2.45, 2.75) is 26.5 Å². The van der Waals surface area contributed by atoms with Crippen LogP contribution in [0, 0.1) is 0 Å². The molecule has 0 bridgehead atoms. The first kappa shape index (κ1) is 15.2. The lowest BCUT2D eigenvalue weighted by Crippen LogP contribution is -2.29. The van der Waals surface area contributed by atoms with Gasteiger partial charge in [0, 0.05) is 31.5 Å². The first-order valence-electron chi connectivity index (χ1n) is 7.29. The number of furan rings is 1. The molecule has 3 heterocycles. The second-order valence-corrected chi connectivity index (χ2v) is 6.24. The van der Waals surface area contributed by atoms with E-state index < -0.39 is 0 Å². The summed E-state index contributed by atoms with van der Waals surface area (Å²) in [5, 5.41) is 3.46. The molecule has 2 aromatic heterocycles. The molecular weight excluding hydrogens is 302 g/mol. The fourth-order valence-electron chi connectivity index (χ4n) is 2.45. The summed E-state index contributed by atoms with van der Waals surface area (Å²) < 4.78 is 10.4. The van der Waals surface area contributed by atoms with Gasteiger partial charge in [-0.2, -0.15) is 0 Å². The van der Waals surface area contributed by atoms with Crippen LogP contribution in [-0.2, 0) is 24.3 Å². The highest BCUT2D eigenvalue weighted by Crippen LogP contribution is 2.28. The first-order valence-corrected chi connectivity index (χ1v) is 8.11. The summed E-state index contributed by atoms with van der Waals surface area (Å²) in [5.41, 5.74) is 1.10. The minimum absolute atomic E-state index is 0.274. The molecular formula is C15H19N3O3S. The number of carbonyl (C=O) groups is 1. The number of ether oxygens (including phenoxy) is 1. The van der Waals surface area contributed by atoms with Gasteiger partial charge in [-0.15, -0.1) is 11.3 Å². The molecule has 0 atom stereocenters. The summed E-state index contributed by atoms with van der Waals surface area (Å²) in [4.78, 5) is 20.3. The van der Waals surface area contributed by atoms with Gasteiger partial charge in [-0.3, -0.25) is 15.0 Å². The standard InChI is InChI=1S/C15H19N3O3S/c1-3-18-7-6-11-13(8-18)22-15(16-11)17-14(19)12-5-4-10(21-12)9-20-2/h4-5H,3,6-9H2,1-2H3,(H,16,17,19). The van der Waals surface area contributed by atoms with Crippen molar-refractivity contribution < 1.29 is 13.9 Å². The van der Waals surface area contributed by atoms with Gasteiger partial charge in [-0.25, -0.2) is 4.98 Å². The number of hydrogen-bond acceptors (Lipinski definition) is 6. The Hall–Kier alpha value is -1.70. The summed E-state index contributed by atoms with van der Waals surface area (Å²) >= 11 is 1.54. The van der Waals surface area contributed by atoms with Crippen molar-refractivity contribution in [2.24, 2.45) is 0 Å². The lowest BCUT2D eigenvalue weighted by Gasteiger charge is -2.23. The molecule has 0 spiro atoms. The molecule has 7 heteroatoms. The molecule has 0 saturated carbocycles. The molecule has 1 N–H and O–H groups in total. The number of methoxy groups -OCH3 is 1. The van der Waals surface area contributed by atoms with Gasteiger partial charge in [0.05, 0.1) is 5.69 Å². The number of rotatable bonds is 5. The highest BCUT2D eigenvalue weighted by Gasteiger charge is 2.21. The van der Waals surface area contributed by atoms with Crippen molar-refractivity contribution in [3.63, 3.8) is 0 Å². The van der Waals surface area contributed by atoms with Crippen LogP contribution in [0.2, 0.25) is 0 Å². The lowest BCUT2D eigenvalue weighted by molar-refractivity contribution is 0.0987. The highest BCUT2D eigenvalue weighted by molar-refractivity contribution is 7.15. The fraction of sp³-hybridized carbons (Fsp3) is 0.467. The van der Waals surface area contributed by atoms with Crippen LogP contribution < -0.4 is 5.32 Å². The number of amides is 1. The number of fused-ring (bicyclic) bond motifs is 1. The summed E-state index contributed by atoms with van der Waals surface area (Å²) in [7, 11) is 1.59. The smallest absolute Gasteiger partial charge is 0.293 e. The number of aromatic nitrogens is 1. The minimum atomic E-state index is -0.277. The number of hydrogen-bond donors (Lipinski definition) is 1. The van der Waals surface area contributed by atoms with E-state index in [9.17, 15) is 4.79 Å². The molecule has 0 saturated heterocycles. The van der Waals surface area contributed by atoms with Crippen LogP contribution in [0.1, 0.15) is 33.8 Å². The molecule has 6 nitrogen and oxygen atoms in total. The largest absolute Gasteiger partial charge is 0.453 e. The number of thiazole rings is 1. The normalized spacial score (nSPS) is 14.8. The molecule has 3 rings (SSSR count). The van der Waals surface area contributed by atoms with Crippen LogP contribution in [0.5, 0.6) is 0 Å². The van der Waals surface area contributed by atoms with Crippen LogP contribution in [-0.4, -0.2) is 36.0 Å². The average molecular weight is 321 g/mol. The third-order valence-electron chi connectivity index (χ3n) is 3.65. The number of nitrogens with zero attached hydrogens (tertiary/aromatic N) is 2. The van der Waals surface area contributed by atoms with Crippen LogP contribution in [0.15, 0.2) is 16.5 Å². The van der Waals surface area contributed by atoms with Gasteiger partial charge in [0.2, 0.25) is 0 Å². The van der Waals surface area contributed by atoms with E-state index in [4.69, 9.17) is 9.15 Å². The summed E-state index contributed by atoms with van der Waals surface area (Å²) in [6.45, 7) is 5.49. The lowest BCUT2D eigenvalue weighted by atomic mass is 10.2. The molecule has 1 aliphatic rings. The molecule has 118 valence electrons. The van der Waals surface area contributed by atoms with Gasteiger partial charge >= 0.3 is 0 Å². The average Bonchev–Trinajstić information content (AvgIpc) is 3.12. The SMILES string of the molecule is CCN1CCc2nc(NC(=O)c3ccc(COC)o3)sc2C1. The minimum Gasteiger partial charge on any atom is -0.453 e. The van der Waals surface area contributed by atoms with Crippen LogP contribution in [0.25, 0.3) is 0 Å². The summed E-state index contributed by atoms with van der Waals surface area (Å²) in [5.74, 6) is 0.626. The Bertz CT molecular complexity index is 665. The Balaban J connectivity index is 1.68. The zero-order chi connectivity index (χ0) is 15.5. The van der Waals surface area contributed by atoms with Crippen LogP contribution in [0.3, 0.4) is 0 Å². The zero-order valence-electron chi connectivity index (χ0n) is 12.7. The van der Waals surface area contributed by atoms with E-state index in [1.165, 1.54) is 4.88 Å². The molecule has 22 heavy (non-hydrogen) atoms. The predicted octanol–water partition coefficient (Wildman–Crippen LogP) is 2.51. The van der Waals surface area contributed by atoms with Crippen molar-refractivity contribution in [1.82, 2.24) is 9.88 Å². The van der Waals surface area contributed by atoms with Gasteiger partial charge in [-0.05, 0) is 18.7 Å². The Kier molecular flexibility index (Phi) is 4.56. The second kappa shape index (κ2) is 6.60. The van der Waals surface area contributed by atoms with Crippen molar-refractivity contribution in [1.29, 1.82) is 0 Å². The fourth-order valence-corrected chi connectivity index (χ4v) is 3.50. The van der Waals surface area contributed by atoms with Crippen LogP contribution >= 0.6 is 11.3 Å². The number of anilines is 1. The molecule has 1 amide bonds. The molecule has 2 aromatic rings. The number of likely N-dealkylation sites (N-methyl/N-ethyl adjacent to an activating group) is 1. The summed E-state index contributed by atoms with van der Waals surface area (Å²) in [6, 6.07) is 3.39. The predicted molar refractivity (Wildman–Crippen MR) is 84.1 cm³/mol. The molecule has 1 aliphatic heterocycles. The Morgan fingerprint density at radius 1 is 1.55 bits per heavy atom. The zero-order valence-corrected chi connectivity index (χ0v) is 13.5. The number of nitrogens with one attached hydrogen (secondary N) is 1. The van der Waals surface area contributed by atoms with Crippen molar-refractivity contribution in [3.05, 3.63) is 34.2 Å². The molecule has 0 aliphatic carbocycles. The molecule has 0 aromatic carbocycles. The monoisotopic (exact) mass is 321 g/mol. The van der Waals surface area contributed by atoms with E-state index >= 15 is 0 Å². The maximum absolute atomic E-state index is 12.2. The summed E-state index contributed by atoms with van der Waals surface area (Å²) in [6.07, 6.45) is 0.939. The maximum atomic E-state index is 12.2.